The first-order valence-electron chi connectivity index (χ1n) is 7.62. The zero-order valence-corrected chi connectivity index (χ0v) is 14.3. The molecule has 0 unspecified atom stereocenters. The van der Waals surface area contributed by atoms with E-state index in [0.29, 0.717) is 12.1 Å². The van der Waals surface area contributed by atoms with E-state index >= 15 is 0 Å². The van der Waals surface area contributed by atoms with Crippen LogP contribution in [0.5, 0.6) is 5.75 Å². The van der Waals surface area contributed by atoms with E-state index in [4.69, 9.17) is 9.47 Å². The molecule has 0 bridgehead atoms. The summed E-state index contributed by atoms with van der Waals surface area (Å²) in [6, 6.07) is 3.45. The second-order valence-electron chi connectivity index (χ2n) is 5.02. The summed E-state index contributed by atoms with van der Waals surface area (Å²) in [6.07, 6.45) is 2.42. The number of rotatable bonds is 8. The van der Waals surface area contributed by atoms with Crippen LogP contribution in [0.1, 0.15) is 19.4 Å². The first-order chi connectivity index (χ1) is 11.9. The Balaban J connectivity index is 2.45. The number of amides is 2. The summed E-state index contributed by atoms with van der Waals surface area (Å²) in [5.41, 5.74) is 0.435. The Morgan fingerprint density at radius 2 is 2.04 bits per heavy atom. The normalized spacial score (nSPS) is 11.7. The molecule has 0 aromatic heterocycles. The summed E-state index contributed by atoms with van der Waals surface area (Å²) in [7, 11) is 1.35. The van der Waals surface area contributed by atoms with E-state index in [0.717, 1.165) is 6.08 Å². The molecule has 0 aliphatic heterocycles. The summed E-state index contributed by atoms with van der Waals surface area (Å²) >= 11 is 0. The molecule has 0 aliphatic carbocycles. The van der Waals surface area contributed by atoms with E-state index in [9.17, 15) is 18.8 Å². The topological polar surface area (TPSA) is 93.7 Å². The maximum absolute atomic E-state index is 13.5. The van der Waals surface area contributed by atoms with Gasteiger partial charge in [0.2, 0.25) is 5.91 Å². The molecule has 136 valence electrons. The van der Waals surface area contributed by atoms with Crippen LogP contribution in [0, 0.1) is 5.82 Å². The van der Waals surface area contributed by atoms with Gasteiger partial charge >= 0.3 is 5.97 Å². The van der Waals surface area contributed by atoms with Gasteiger partial charge in [0, 0.05) is 12.6 Å². The predicted molar refractivity (Wildman–Crippen MR) is 89.2 cm³/mol. The van der Waals surface area contributed by atoms with Crippen LogP contribution in [0.15, 0.2) is 24.3 Å². The van der Waals surface area contributed by atoms with Crippen molar-refractivity contribution in [3.63, 3.8) is 0 Å². The molecule has 0 radical (unpaired) electrons. The van der Waals surface area contributed by atoms with Crippen molar-refractivity contribution in [1.82, 2.24) is 10.6 Å². The number of carbonyl (C=O) groups is 3. The second-order valence-corrected chi connectivity index (χ2v) is 5.02. The highest BCUT2D eigenvalue weighted by molar-refractivity contribution is 5.91. The number of likely N-dealkylation sites (N-methyl/N-ethyl adjacent to an activating group) is 1. The Labute approximate surface area is 145 Å². The molecule has 0 saturated carbocycles. The van der Waals surface area contributed by atoms with E-state index in [2.05, 4.69) is 10.6 Å². The van der Waals surface area contributed by atoms with Crippen LogP contribution in [0.25, 0.3) is 6.08 Å². The number of benzene rings is 1. The average molecular weight is 352 g/mol. The number of hydrogen-bond donors (Lipinski definition) is 2. The highest BCUT2D eigenvalue weighted by Crippen LogP contribution is 2.18. The molecule has 1 aromatic rings. The Morgan fingerprint density at radius 3 is 2.64 bits per heavy atom. The third-order valence-electron chi connectivity index (χ3n) is 3.06. The molecule has 7 nitrogen and oxygen atoms in total. The minimum absolute atomic E-state index is 0.0950. The number of halogens is 1. The Kier molecular flexibility index (Phi) is 8.11. The molecule has 1 aromatic carbocycles. The van der Waals surface area contributed by atoms with Crippen LogP contribution in [0.2, 0.25) is 0 Å². The predicted octanol–water partition coefficient (Wildman–Crippen LogP) is 1.03. The van der Waals surface area contributed by atoms with Gasteiger partial charge in [-0.1, -0.05) is 6.07 Å². The summed E-state index contributed by atoms with van der Waals surface area (Å²) in [4.78, 5) is 34.6. The van der Waals surface area contributed by atoms with Crippen molar-refractivity contribution in [1.29, 1.82) is 0 Å². The lowest BCUT2D eigenvalue weighted by Crippen LogP contribution is -2.46. The highest BCUT2D eigenvalue weighted by Gasteiger charge is 2.15. The van der Waals surface area contributed by atoms with Gasteiger partial charge in [0.05, 0.1) is 7.11 Å². The van der Waals surface area contributed by atoms with E-state index < -0.39 is 30.3 Å². The van der Waals surface area contributed by atoms with Crippen LogP contribution in [0.3, 0.4) is 0 Å². The molecule has 0 heterocycles. The van der Waals surface area contributed by atoms with Gasteiger partial charge in [0.25, 0.3) is 5.91 Å². The van der Waals surface area contributed by atoms with Crippen LogP contribution in [0.4, 0.5) is 4.39 Å². The molecule has 2 amide bonds. The number of ether oxygens (including phenoxy) is 2. The lowest BCUT2D eigenvalue weighted by Gasteiger charge is -2.12. The van der Waals surface area contributed by atoms with Gasteiger partial charge in [0.1, 0.15) is 6.04 Å². The van der Waals surface area contributed by atoms with Crippen LogP contribution >= 0.6 is 0 Å². The third-order valence-corrected chi connectivity index (χ3v) is 3.06. The SMILES string of the molecule is CCNC(=O)[C@@H](C)NC(=O)COC(=O)/C=C/c1ccc(OC)c(F)c1. The van der Waals surface area contributed by atoms with Gasteiger partial charge in [-0.05, 0) is 37.6 Å². The van der Waals surface area contributed by atoms with Crippen molar-refractivity contribution in [3.8, 4) is 5.75 Å². The molecule has 0 spiro atoms. The standard InChI is InChI=1S/C17H21FN2O5/c1-4-19-17(23)11(2)20-15(21)10-25-16(22)8-6-12-5-7-14(24-3)13(18)9-12/h5-9,11H,4,10H2,1-3H3,(H,19,23)(H,20,21)/b8-6+/t11-/m1/s1. The van der Waals surface area contributed by atoms with Gasteiger partial charge < -0.3 is 20.1 Å². The summed E-state index contributed by atoms with van der Waals surface area (Å²) in [5, 5.41) is 4.95. The summed E-state index contributed by atoms with van der Waals surface area (Å²) in [5.74, 6) is -2.16. The second kappa shape index (κ2) is 10.1. The van der Waals surface area contributed by atoms with Crippen molar-refractivity contribution in [2.24, 2.45) is 0 Å². The molecule has 0 aliphatic rings. The fraction of sp³-hybridized carbons (Fsp3) is 0.353. The minimum atomic E-state index is -0.767. The maximum Gasteiger partial charge on any atom is 0.331 e. The third kappa shape index (κ3) is 7.03. The average Bonchev–Trinajstić information content (AvgIpc) is 2.58. The number of hydrogen-bond acceptors (Lipinski definition) is 5. The van der Waals surface area contributed by atoms with Gasteiger partial charge in [-0.25, -0.2) is 9.18 Å². The molecule has 0 fully saturated rings. The Morgan fingerprint density at radius 1 is 1.32 bits per heavy atom. The Bertz CT molecular complexity index is 660. The minimum Gasteiger partial charge on any atom is -0.494 e. The lowest BCUT2D eigenvalue weighted by molar-refractivity contribution is -0.144. The summed E-state index contributed by atoms with van der Waals surface area (Å²) in [6.45, 7) is 3.20. The molecular weight excluding hydrogens is 331 g/mol. The molecule has 1 atom stereocenters. The van der Waals surface area contributed by atoms with Crippen molar-refractivity contribution in [2.45, 2.75) is 19.9 Å². The fourth-order valence-electron chi connectivity index (χ4n) is 1.81. The van der Waals surface area contributed by atoms with Gasteiger partial charge in [-0.3, -0.25) is 9.59 Å². The quantitative estimate of drug-likeness (QED) is 0.538. The van der Waals surface area contributed by atoms with E-state index in [1.807, 2.05) is 0 Å². The van der Waals surface area contributed by atoms with Gasteiger partial charge in [0.15, 0.2) is 18.2 Å². The fourth-order valence-corrected chi connectivity index (χ4v) is 1.81. The number of carbonyl (C=O) groups excluding carboxylic acids is 3. The summed E-state index contributed by atoms with van der Waals surface area (Å²) < 4.78 is 23.1. The van der Waals surface area contributed by atoms with E-state index in [1.165, 1.54) is 32.2 Å². The molecule has 0 saturated heterocycles. The van der Waals surface area contributed by atoms with Crippen molar-refractivity contribution < 1.29 is 28.2 Å². The molecule has 25 heavy (non-hydrogen) atoms. The Hall–Kier alpha value is -2.90. The van der Waals surface area contributed by atoms with Crippen LogP contribution < -0.4 is 15.4 Å². The maximum atomic E-state index is 13.5. The zero-order valence-electron chi connectivity index (χ0n) is 14.3. The number of methoxy groups -OCH3 is 1. The molecule has 2 N–H and O–H groups in total. The van der Waals surface area contributed by atoms with E-state index in [1.54, 1.807) is 13.0 Å². The monoisotopic (exact) mass is 352 g/mol. The number of nitrogens with one attached hydrogen (secondary N) is 2. The van der Waals surface area contributed by atoms with Crippen molar-refractivity contribution >= 4 is 23.9 Å². The van der Waals surface area contributed by atoms with Gasteiger partial charge in [-0.2, -0.15) is 0 Å². The molecular formula is C17H21FN2O5. The first kappa shape index (κ1) is 20.1. The lowest BCUT2D eigenvalue weighted by atomic mass is 10.2. The van der Waals surface area contributed by atoms with Gasteiger partial charge in [-0.15, -0.1) is 0 Å². The molecule has 8 heteroatoms. The zero-order chi connectivity index (χ0) is 18.8. The number of esters is 1. The van der Waals surface area contributed by atoms with Crippen LogP contribution in [-0.2, 0) is 19.1 Å². The van der Waals surface area contributed by atoms with Crippen LogP contribution in [-0.4, -0.2) is 44.1 Å². The van der Waals surface area contributed by atoms with Crippen molar-refractivity contribution in [2.75, 3.05) is 20.3 Å². The van der Waals surface area contributed by atoms with E-state index in [-0.39, 0.29) is 11.7 Å². The smallest absolute Gasteiger partial charge is 0.331 e. The van der Waals surface area contributed by atoms with Crippen molar-refractivity contribution in [3.05, 3.63) is 35.7 Å². The highest BCUT2D eigenvalue weighted by atomic mass is 19.1. The largest absolute Gasteiger partial charge is 0.494 e. The first-order valence-corrected chi connectivity index (χ1v) is 7.62. The molecule has 1 rings (SSSR count).